The van der Waals surface area contributed by atoms with E-state index >= 15 is 0 Å². The molecule has 1 heterocycles. The molecule has 0 amide bonds. The fourth-order valence-corrected chi connectivity index (χ4v) is 1.86. The van der Waals surface area contributed by atoms with E-state index in [1.165, 1.54) is 7.11 Å². The van der Waals surface area contributed by atoms with E-state index in [0.29, 0.717) is 0 Å². The molecule has 3 nitrogen and oxygen atoms in total. The molecule has 0 atom stereocenters. The van der Waals surface area contributed by atoms with Crippen LogP contribution in [0.3, 0.4) is 0 Å². The second-order valence-corrected chi connectivity index (χ2v) is 3.92. The van der Waals surface area contributed by atoms with E-state index in [-0.39, 0.29) is 5.76 Å². The van der Waals surface area contributed by atoms with Crippen LogP contribution < -0.4 is 0 Å². The SMILES string of the molecule is COC(=O)c1cc2cccc(I)c2o1. The molecule has 14 heavy (non-hydrogen) atoms. The number of benzene rings is 1. The molecule has 72 valence electrons. The first-order valence-electron chi connectivity index (χ1n) is 3.99. The number of esters is 1. The third-order valence-corrected chi connectivity index (χ3v) is 2.73. The molecule has 0 aliphatic heterocycles. The maximum atomic E-state index is 11.2. The van der Waals surface area contributed by atoms with Crippen molar-refractivity contribution in [3.05, 3.63) is 33.6 Å². The summed E-state index contributed by atoms with van der Waals surface area (Å²) in [6.45, 7) is 0. The Bertz CT molecular complexity index is 487. The van der Waals surface area contributed by atoms with Crippen LogP contribution in [-0.4, -0.2) is 13.1 Å². The Morgan fingerprint density at radius 2 is 2.29 bits per heavy atom. The number of rotatable bonds is 1. The van der Waals surface area contributed by atoms with Gasteiger partial charge in [0.2, 0.25) is 5.76 Å². The molecule has 0 bridgehead atoms. The van der Waals surface area contributed by atoms with Crippen LogP contribution >= 0.6 is 22.6 Å². The summed E-state index contributed by atoms with van der Waals surface area (Å²) in [5, 5.41) is 0.914. The van der Waals surface area contributed by atoms with E-state index in [1.54, 1.807) is 6.07 Å². The Hall–Kier alpha value is -1.04. The molecule has 1 aromatic heterocycles. The van der Waals surface area contributed by atoms with E-state index in [2.05, 4.69) is 27.3 Å². The number of halogens is 1. The summed E-state index contributed by atoms with van der Waals surface area (Å²) in [6.07, 6.45) is 0. The van der Waals surface area contributed by atoms with Crippen LogP contribution in [-0.2, 0) is 4.74 Å². The lowest BCUT2D eigenvalue weighted by atomic mass is 10.2. The monoisotopic (exact) mass is 302 g/mol. The van der Waals surface area contributed by atoms with E-state index in [9.17, 15) is 4.79 Å². The summed E-state index contributed by atoms with van der Waals surface area (Å²) < 4.78 is 10.9. The summed E-state index contributed by atoms with van der Waals surface area (Å²) in [7, 11) is 1.33. The normalized spacial score (nSPS) is 10.4. The molecule has 2 rings (SSSR count). The smallest absolute Gasteiger partial charge is 0.373 e. The van der Waals surface area contributed by atoms with Crippen LogP contribution in [0.2, 0.25) is 0 Å². The van der Waals surface area contributed by atoms with Gasteiger partial charge in [-0.15, -0.1) is 0 Å². The van der Waals surface area contributed by atoms with Crippen molar-refractivity contribution in [3.8, 4) is 0 Å². The van der Waals surface area contributed by atoms with Crippen LogP contribution in [0.5, 0.6) is 0 Å². The molecule has 0 N–H and O–H groups in total. The van der Waals surface area contributed by atoms with Crippen LogP contribution in [0.4, 0.5) is 0 Å². The summed E-state index contributed by atoms with van der Waals surface area (Å²) in [5.41, 5.74) is 0.730. The summed E-state index contributed by atoms with van der Waals surface area (Å²) in [6, 6.07) is 7.42. The molecule has 2 aromatic rings. The molecule has 0 spiro atoms. The maximum absolute atomic E-state index is 11.2. The molecule has 0 saturated heterocycles. The molecule has 1 aromatic carbocycles. The number of furan rings is 1. The van der Waals surface area contributed by atoms with E-state index in [4.69, 9.17) is 4.42 Å². The van der Waals surface area contributed by atoms with Crippen molar-refractivity contribution >= 4 is 39.5 Å². The van der Waals surface area contributed by atoms with Gasteiger partial charge in [0.1, 0.15) is 5.58 Å². The maximum Gasteiger partial charge on any atom is 0.373 e. The zero-order chi connectivity index (χ0) is 10.1. The van der Waals surface area contributed by atoms with Crippen LogP contribution in [0, 0.1) is 3.57 Å². The lowest BCUT2D eigenvalue weighted by Gasteiger charge is -1.92. The number of methoxy groups -OCH3 is 1. The average Bonchev–Trinajstić information content (AvgIpc) is 2.62. The van der Waals surface area contributed by atoms with Gasteiger partial charge >= 0.3 is 5.97 Å². The predicted octanol–water partition coefficient (Wildman–Crippen LogP) is 2.82. The highest BCUT2D eigenvalue weighted by molar-refractivity contribution is 14.1. The van der Waals surface area contributed by atoms with Gasteiger partial charge in [0.15, 0.2) is 0 Å². The zero-order valence-corrected chi connectivity index (χ0v) is 9.57. The molecule has 0 saturated carbocycles. The number of carbonyl (C=O) groups is 1. The van der Waals surface area contributed by atoms with Gasteiger partial charge in [-0.3, -0.25) is 0 Å². The second-order valence-electron chi connectivity index (χ2n) is 2.76. The van der Waals surface area contributed by atoms with Crippen molar-refractivity contribution in [2.75, 3.05) is 7.11 Å². The molecular weight excluding hydrogens is 295 g/mol. The van der Waals surface area contributed by atoms with Gasteiger partial charge in [-0.2, -0.15) is 0 Å². The molecular formula is C10H7IO3. The highest BCUT2D eigenvalue weighted by Crippen LogP contribution is 2.24. The Morgan fingerprint density at radius 1 is 1.50 bits per heavy atom. The molecule has 4 heteroatoms. The molecule has 0 fully saturated rings. The van der Waals surface area contributed by atoms with Crippen molar-refractivity contribution in [1.82, 2.24) is 0 Å². The third kappa shape index (κ3) is 1.50. The van der Waals surface area contributed by atoms with Gasteiger partial charge in [-0.1, -0.05) is 12.1 Å². The Kier molecular flexibility index (Phi) is 2.45. The lowest BCUT2D eigenvalue weighted by molar-refractivity contribution is 0.0567. The number of carbonyl (C=O) groups excluding carboxylic acids is 1. The van der Waals surface area contributed by atoms with Crippen LogP contribution in [0.25, 0.3) is 11.0 Å². The van der Waals surface area contributed by atoms with E-state index < -0.39 is 5.97 Å². The standard InChI is InChI=1S/C10H7IO3/c1-13-10(12)8-5-6-3-2-4-7(11)9(6)14-8/h2-5H,1H3. The van der Waals surface area contributed by atoms with Crippen LogP contribution in [0.1, 0.15) is 10.6 Å². The fourth-order valence-electron chi connectivity index (χ4n) is 1.23. The highest BCUT2D eigenvalue weighted by atomic mass is 127. The first-order valence-corrected chi connectivity index (χ1v) is 5.06. The summed E-state index contributed by atoms with van der Waals surface area (Å²) in [4.78, 5) is 11.2. The first kappa shape index (κ1) is 9.51. The number of fused-ring (bicyclic) bond motifs is 1. The van der Waals surface area contributed by atoms with Crippen molar-refractivity contribution in [2.45, 2.75) is 0 Å². The number of hydrogen-bond donors (Lipinski definition) is 0. The minimum atomic E-state index is -0.447. The summed E-state index contributed by atoms with van der Waals surface area (Å²) >= 11 is 2.16. The first-order chi connectivity index (χ1) is 6.72. The highest BCUT2D eigenvalue weighted by Gasteiger charge is 2.13. The van der Waals surface area contributed by atoms with Gasteiger partial charge < -0.3 is 9.15 Å². The van der Waals surface area contributed by atoms with Crippen LogP contribution in [0.15, 0.2) is 28.7 Å². The topological polar surface area (TPSA) is 39.4 Å². The third-order valence-electron chi connectivity index (χ3n) is 1.88. The Balaban J connectivity index is 2.62. The van der Waals surface area contributed by atoms with Gasteiger partial charge in [0.05, 0.1) is 10.7 Å². The van der Waals surface area contributed by atoms with Gasteiger partial charge in [-0.25, -0.2) is 4.79 Å². The van der Waals surface area contributed by atoms with Gasteiger partial charge in [-0.05, 0) is 34.7 Å². The molecule has 0 unspecified atom stereocenters. The van der Waals surface area contributed by atoms with Gasteiger partial charge in [0.25, 0.3) is 0 Å². The van der Waals surface area contributed by atoms with Crippen molar-refractivity contribution in [2.24, 2.45) is 0 Å². The minimum Gasteiger partial charge on any atom is -0.463 e. The predicted molar refractivity (Wildman–Crippen MR) is 60.3 cm³/mol. The lowest BCUT2D eigenvalue weighted by Crippen LogP contribution is -1.97. The fraction of sp³-hybridized carbons (Fsp3) is 0.100. The van der Waals surface area contributed by atoms with Gasteiger partial charge in [0, 0.05) is 5.39 Å². The quantitative estimate of drug-likeness (QED) is 0.600. The summed E-state index contributed by atoms with van der Waals surface area (Å²) in [5.74, 6) is -0.205. The molecule has 0 aliphatic carbocycles. The number of ether oxygens (including phenoxy) is 1. The second kappa shape index (κ2) is 3.61. The zero-order valence-electron chi connectivity index (χ0n) is 7.41. The van der Waals surface area contributed by atoms with Crippen molar-refractivity contribution < 1.29 is 13.9 Å². The number of para-hydroxylation sites is 1. The average molecular weight is 302 g/mol. The molecule has 0 aliphatic rings. The van der Waals surface area contributed by atoms with Crippen molar-refractivity contribution in [3.63, 3.8) is 0 Å². The minimum absolute atomic E-state index is 0.242. The number of hydrogen-bond acceptors (Lipinski definition) is 3. The van der Waals surface area contributed by atoms with E-state index in [0.717, 1.165) is 14.5 Å². The Morgan fingerprint density at radius 3 is 2.93 bits per heavy atom. The van der Waals surface area contributed by atoms with Crippen molar-refractivity contribution in [1.29, 1.82) is 0 Å². The van der Waals surface area contributed by atoms with E-state index in [1.807, 2.05) is 18.2 Å². The molecule has 0 radical (unpaired) electrons. The Labute approximate surface area is 94.2 Å². The largest absolute Gasteiger partial charge is 0.463 e.